The summed E-state index contributed by atoms with van der Waals surface area (Å²) in [4.78, 5) is 69.5. The van der Waals surface area contributed by atoms with Crippen molar-refractivity contribution in [1.29, 1.82) is 0 Å². The van der Waals surface area contributed by atoms with Gasteiger partial charge in [0.15, 0.2) is 46.0 Å². The molecule has 0 unspecified atom stereocenters. The van der Waals surface area contributed by atoms with Gasteiger partial charge in [0.1, 0.15) is 0 Å². The molecule has 0 spiro atoms. The molecule has 0 saturated carbocycles. The highest BCUT2D eigenvalue weighted by atomic mass is 31.2. The van der Waals surface area contributed by atoms with E-state index >= 15 is 0 Å². The van der Waals surface area contributed by atoms with Crippen LogP contribution in [0.25, 0.3) is 22.3 Å². The number of fused-ring (bicyclic) bond motifs is 4. The summed E-state index contributed by atoms with van der Waals surface area (Å²) in [6, 6.07) is 13.3. The Balaban J connectivity index is 0.000000225. The second kappa shape index (κ2) is 22.8. The van der Waals surface area contributed by atoms with E-state index in [0.29, 0.717) is 12.1 Å². The molecule has 0 amide bonds. The van der Waals surface area contributed by atoms with Crippen molar-refractivity contribution in [3.8, 4) is 68.2 Å². The number of hydrogen-bond acceptors (Lipinski definition) is 13. The van der Waals surface area contributed by atoms with Crippen molar-refractivity contribution in [2.24, 2.45) is 0 Å². The zero-order valence-corrected chi connectivity index (χ0v) is 41.3. The Labute approximate surface area is 387 Å². The largest absolute Gasteiger partial charge is 0.493 e. The Bertz CT molecular complexity index is 2330. The van der Waals surface area contributed by atoms with Crippen LogP contribution in [-0.4, -0.2) is 138 Å². The number of phosphoric acid groups is 3. The lowest BCUT2D eigenvalue weighted by atomic mass is 9.76. The number of benzene rings is 4. The van der Waals surface area contributed by atoms with Crippen LogP contribution in [0.4, 0.5) is 0 Å². The van der Waals surface area contributed by atoms with Crippen LogP contribution in [-0.2, 0) is 39.4 Å². The molecule has 2 heterocycles. The third-order valence-corrected chi connectivity index (χ3v) is 11.4. The lowest BCUT2D eigenvalue weighted by molar-refractivity contribution is 0.226. The first-order valence-corrected chi connectivity index (χ1v) is 24.8. The molecule has 22 nitrogen and oxygen atoms in total. The zero-order chi connectivity index (χ0) is 50.3. The Morgan fingerprint density at radius 3 is 0.925 bits per heavy atom. The van der Waals surface area contributed by atoms with E-state index in [1.165, 1.54) is 33.4 Å². The molecule has 4 aromatic carbocycles. The van der Waals surface area contributed by atoms with Crippen LogP contribution in [0, 0.1) is 0 Å². The molecule has 0 saturated heterocycles. The van der Waals surface area contributed by atoms with Crippen molar-refractivity contribution in [2.45, 2.75) is 37.8 Å². The summed E-state index contributed by atoms with van der Waals surface area (Å²) < 4.78 is 71.8. The van der Waals surface area contributed by atoms with Crippen molar-refractivity contribution in [3.05, 3.63) is 69.8 Å². The smallest absolute Gasteiger partial charge is 0.466 e. The van der Waals surface area contributed by atoms with Gasteiger partial charge in [-0.15, -0.1) is 0 Å². The van der Waals surface area contributed by atoms with Crippen molar-refractivity contribution in [2.75, 3.05) is 84.1 Å². The lowest BCUT2D eigenvalue weighted by Crippen LogP contribution is -2.35. The van der Waals surface area contributed by atoms with Gasteiger partial charge in [-0.05, 0) is 121 Å². The maximum Gasteiger partial charge on any atom is 0.466 e. The summed E-state index contributed by atoms with van der Waals surface area (Å²) in [6.07, 6.45) is 3.92. The van der Waals surface area contributed by atoms with Crippen molar-refractivity contribution >= 4 is 23.5 Å². The van der Waals surface area contributed by atoms with Gasteiger partial charge in [-0.1, -0.05) is 0 Å². The highest BCUT2D eigenvalue weighted by molar-refractivity contribution is 7.45. The molecular formula is C42H59N2O20P3. The van der Waals surface area contributed by atoms with E-state index < -0.39 is 23.5 Å². The van der Waals surface area contributed by atoms with E-state index in [0.717, 1.165) is 107 Å². The van der Waals surface area contributed by atoms with Crippen LogP contribution in [0.2, 0.25) is 0 Å². The van der Waals surface area contributed by atoms with Crippen LogP contribution in [0.3, 0.4) is 0 Å². The average molecular weight is 1000 g/mol. The van der Waals surface area contributed by atoms with Crippen molar-refractivity contribution < 1.29 is 95.6 Å². The van der Waals surface area contributed by atoms with Crippen molar-refractivity contribution in [3.63, 3.8) is 0 Å². The molecule has 2 atom stereocenters. The molecule has 4 aromatic rings. The van der Waals surface area contributed by atoms with Gasteiger partial charge in [0.2, 0.25) is 0 Å². The summed E-state index contributed by atoms with van der Waals surface area (Å²) >= 11 is 0. The van der Waals surface area contributed by atoms with E-state index in [1.54, 1.807) is 56.9 Å². The molecule has 372 valence electrons. The second-order valence-corrected chi connectivity index (χ2v) is 18.4. The third kappa shape index (κ3) is 13.8. The monoisotopic (exact) mass is 1000 g/mol. The molecule has 9 N–H and O–H groups in total. The zero-order valence-electron chi connectivity index (χ0n) is 38.6. The summed E-state index contributed by atoms with van der Waals surface area (Å²) in [7, 11) is 3.96. The highest BCUT2D eigenvalue weighted by Crippen LogP contribution is 2.55. The molecule has 25 heteroatoms. The fourth-order valence-corrected chi connectivity index (χ4v) is 8.76. The topological polar surface area (TPSA) is 314 Å². The maximum atomic E-state index is 8.88. The van der Waals surface area contributed by atoms with Crippen LogP contribution in [0.1, 0.15) is 45.5 Å². The molecule has 4 aliphatic rings. The minimum absolute atomic E-state index is 0.333. The van der Waals surface area contributed by atoms with Crippen LogP contribution in [0.5, 0.6) is 46.0 Å². The normalized spacial score (nSPS) is 16.6. The standard InChI is InChI=1S/2C21H25NO4.3H3O4P/c2*1-22-7-6-12-9-18(25-4)21(26-5)20-14-11-17(24-3)16(23-2)10-13(14)8-15(22)19(12)20;3*1-5(2,3)4/h2*9-11,15H,6-8H2,1-5H3;3*(H3,1,2,3,4)/t2*15-;;;/m00.../s1. The SMILES string of the molecule is COc1cc2c(cc1OC)-c1c(OC)c(OC)cc3c1[C@H](C2)N(C)CC3.COc1cc2c(cc1OC)-c1c(OC)c(OC)cc3c1[C@H](C2)N(C)CC3.O=P(O)(O)O.O=P(O)(O)O.O=P(O)(O)O. The fourth-order valence-electron chi connectivity index (χ4n) is 8.76. The Hall–Kier alpha value is -4.47. The number of likely N-dealkylation sites (N-methyl/N-ethyl adjacent to an activating group) is 2. The van der Waals surface area contributed by atoms with E-state index in [4.69, 9.17) is 95.6 Å². The minimum Gasteiger partial charge on any atom is -0.493 e. The molecule has 0 bridgehead atoms. The van der Waals surface area contributed by atoms with Gasteiger partial charge in [0.25, 0.3) is 0 Å². The van der Waals surface area contributed by atoms with Gasteiger partial charge >= 0.3 is 23.5 Å². The van der Waals surface area contributed by atoms with Crippen LogP contribution < -0.4 is 37.9 Å². The molecular weight excluding hydrogens is 945 g/mol. The van der Waals surface area contributed by atoms with Gasteiger partial charge in [-0.2, -0.15) is 0 Å². The first kappa shape index (κ1) is 55.1. The highest BCUT2D eigenvalue weighted by Gasteiger charge is 2.38. The summed E-state index contributed by atoms with van der Waals surface area (Å²) in [5.41, 5.74) is 12.4. The first-order chi connectivity index (χ1) is 31.2. The Morgan fingerprint density at radius 1 is 0.418 bits per heavy atom. The molecule has 67 heavy (non-hydrogen) atoms. The van der Waals surface area contributed by atoms with E-state index in [2.05, 4.69) is 60.3 Å². The van der Waals surface area contributed by atoms with Gasteiger partial charge < -0.3 is 81.9 Å². The molecule has 0 radical (unpaired) electrons. The minimum atomic E-state index is -4.64. The average Bonchev–Trinajstić information content (AvgIpc) is 3.25. The predicted octanol–water partition coefficient (Wildman–Crippen LogP) is 4.16. The summed E-state index contributed by atoms with van der Waals surface area (Å²) in [5.74, 6) is 6.13. The van der Waals surface area contributed by atoms with Gasteiger partial charge in [0.05, 0.1) is 56.9 Å². The fraction of sp³-hybridized carbons (Fsp3) is 0.429. The number of rotatable bonds is 8. The van der Waals surface area contributed by atoms with Crippen LogP contribution >= 0.6 is 23.5 Å². The number of nitrogens with zero attached hydrogens (tertiary/aromatic N) is 2. The molecule has 0 aromatic heterocycles. The summed E-state index contributed by atoms with van der Waals surface area (Å²) in [6.45, 7) is 2.07. The van der Waals surface area contributed by atoms with Crippen molar-refractivity contribution in [1.82, 2.24) is 9.80 Å². The maximum absolute atomic E-state index is 8.88. The third-order valence-electron chi connectivity index (χ3n) is 11.4. The van der Waals surface area contributed by atoms with E-state index in [-0.39, 0.29) is 0 Å². The van der Waals surface area contributed by atoms with Gasteiger partial charge in [0, 0.05) is 36.3 Å². The van der Waals surface area contributed by atoms with E-state index in [9.17, 15) is 0 Å². The number of hydrogen-bond donors (Lipinski definition) is 9. The van der Waals surface area contributed by atoms with Gasteiger partial charge in [-0.25, -0.2) is 13.7 Å². The molecule has 2 aliphatic heterocycles. The lowest BCUT2D eigenvalue weighted by Gasteiger charge is -2.40. The first-order valence-electron chi connectivity index (χ1n) is 20.1. The molecule has 2 aliphatic carbocycles. The predicted molar refractivity (Wildman–Crippen MR) is 245 cm³/mol. The van der Waals surface area contributed by atoms with Gasteiger partial charge in [-0.3, -0.25) is 9.80 Å². The Kier molecular flexibility index (Phi) is 18.7. The Morgan fingerprint density at radius 2 is 0.672 bits per heavy atom. The number of ether oxygens (including phenoxy) is 8. The second-order valence-electron chi connectivity index (χ2n) is 15.3. The van der Waals surface area contributed by atoms with Crippen LogP contribution in [0.15, 0.2) is 36.4 Å². The number of methoxy groups -OCH3 is 8. The molecule has 8 rings (SSSR count). The quantitative estimate of drug-likeness (QED) is 0.112. The molecule has 0 fully saturated rings. The summed E-state index contributed by atoms with van der Waals surface area (Å²) in [5, 5.41) is 0. The van der Waals surface area contributed by atoms with E-state index in [1.807, 2.05) is 0 Å².